The molecule has 0 amide bonds. The van der Waals surface area contributed by atoms with Gasteiger partial charge in [0.2, 0.25) is 9.84 Å². The van der Waals surface area contributed by atoms with Crippen LogP contribution in [0.2, 0.25) is 0 Å². The van der Waals surface area contributed by atoms with Crippen LogP contribution in [0.15, 0.2) is 101 Å². The summed E-state index contributed by atoms with van der Waals surface area (Å²) in [6, 6.07) is 29.6. The molecular formula is C26H20N2O2S. The summed E-state index contributed by atoms with van der Waals surface area (Å²) < 4.78 is 26.0. The Morgan fingerprint density at radius 2 is 1.32 bits per heavy atom. The maximum atomic E-state index is 13.0. The summed E-state index contributed by atoms with van der Waals surface area (Å²) >= 11 is 0. The second kappa shape index (κ2) is 6.46. The molecule has 31 heavy (non-hydrogen) atoms. The second-order valence-electron chi connectivity index (χ2n) is 8.01. The molecule has 0 fully saturated rings. The third kappa shape index (κ3) is 2.63. The molecule has 4 nitrogen and oxygen atoms in total. The average molecular weight is 425 g/mol. The number of para-hydroxylation sites is 2. The van der Waals surface area contributed by atoms with Crippen LogP contribution in [0.3, 0.4) is 0 Å². The molecule has 0 radical (unpaired) electrons. The number of sulfone groups is 1. The number of fused-ring (bicyclic) bond motifs is 4. The fourth-order valence-electron chi connectivity index (χ4n) is 4.62. The number of hydrogen-bond donors (Lipinski definition) is 0. The van der Waals surface area contributed by atoms with Gasteiger partial charge < -0.3 is 9.80 Å². The average Bonchev–Trinajstić information content (AvgIpc) is 3.26. The minimum Gasteiger partial charge on any atom is -0.355 e. The standard InChI is InChI=1S/C26H20N2O2S/c1-27-17-28(24-8-4-3-7-23(24)27)20-13-10-18(11-14-20)19-12-15-22-21-6-2-5-9-25(21)31(29,30)26(22)16-19/h2-16H,17H2,1H3. The number of hydrogen-bond acceptors (Lipinski definition) is 4. The molecule has 0 spiro atoms. The van der Waals surface area contributed by atoms with Crippen LogP contribution < -0.4 is 9.80 Å². The van der Waals surface area contributed by atoms with E-state index in [1.807, 2.05) is 24.3 Å². The van der Waals surface area contributed by atoms with E-state index in [9.17, 15) is 8.42 Å². The first-order valence-corrected chi connectivity index (χ1v) is 11.7. The molecule has 0 saturated carbocycles. The van der Waals surface area contributed by atoms with E-state index in [4.69, 9.17) is 0 Å². The Bertz CT molecular complexity index is 1440. The van der Waals surface area contributed by atoms with Crippen LogP contribution in [0.25, 0.3) is 22.3 Å². The first-order chi connectivity index (χ1) is 15.0. The lowest BCUT2D eigenvalue weighted by Gasteiger charge is -2.20. The van der Waals surface area contributed by atoms with Gasteiger partial charge >= 0.3 is 0 Å². The van der Waals surface area contributed by atoms with Gasteiger partial charge in [0.15, 0.2) is 0 Å². The summed E-state index contributed by atoms with van der Waals surface area (Å²) in [4.78, 5) is 5.30. The number of nitrogens with zero attached hydrogens (tertiary/aromatic N) is 2. The minimum absolute atomic E-state index is 0.394. The summed E-state index contributed by atoms with van der Waals surface area (Å²) in [5.41, 5.74) is 7.00. The smallest absolute Gasteiger partial charge is 0.207 e. The van der Waals surface area contributed by atoms with Crippen molar-refractivity contribution in [2.75, 3.05) is 23.5 Å². The fourth-order valence-corrected chi connectivity index (χ4v) is 6.33. The van der Waals surface area contributed by atoms with Crippen LogP contribution >= 0.6 is 0 Å². The number of rotatable bonds is 2. The minimum atomic E-state index is -3.47. The van der Waals surface area contributed by atoms with Crippen molar-refractivity contribution in [2.45, 2.75) is 9.79 Å². The molecule has 6 rings (SSSR count). The summed E-state index contributed by atoms with van der Waals surface area (Å²) in [6.45, 7) is 0.800. The van der Waals surface area contributed by atoms with Gasteiger partial charge in [0.1, 0.15) is 0 Å². The van der Waals surface area contributed by atoms with Crippen molar-refractivity contribution < 1.29 is 8.42 Å². The molecule has 0 aliphatic carbocycles. The molecule has 4 aromatic rings. The molecule has 2 aliphatic rings. The van der Waals surface area contributed by atoms with Gasteiger partial charge in [-0.25, -0.2) is 8.42 Å². The lowest BCUT2D eigenvalue weighted by molar-refractivity contribution is 0.598. The van der Waals surface area contributed by atoms with Crippen molar-refractivity contribution in [1.29, 1.82) is 0 Å². The Morgan fingerprint density at radius 3 is 2.13 bits per heavy atom. The largest absolute Gasteiger partial charge is 0.355 e. The predicted molar refractivity (Wildman–Crippen MR) is 125 cm³/mol. The lowest BCUT2D eigenvalue weighted by Crippen LogP contribution is -2.23. The molecule has 2 heterocycles. The monoisotopic (exact) mass is 424 g/mol. The van der Waals surface area contributed by atoms with Crippen molar-refractivity contribution in [3.05, 3.63) is 91.0 Å². The molecule has 0 aromatic heterocycles. The van der Waals surface area contributed by atoms with Crippen LogP contribution in [0.4, 0.5) is 17.1 Å². The summed E-state index contributed by atoms with van der Waals surface area (Å²) in [6.07, 6.45) is 0. The first-order valence-electron chi connectivity index (χ1n) is 10.2. The highest BCUT2D eigenvalue weighted by atomic mass is 32.2. The fraction of sp³-hybridized carbons (Fsp3) is 0.0769. The molecular weight excluding hydrogens is 404 g/mol. The molecule has 2 aliphatic heterocycles. The first kappa shape index (κ1) is 18.2. The zero-order chi connectivity index (χ0) is 21.2. The van der Waals surface area contributed by atoms with E-state index in [0.717, 1.165) is 34.6 Å². The Kier molecular flexibility index (Phi) is 3.80. The Balaban J connectivity index is 1.37. The van der Waals surface area contributed by atoms with E-state index < -0.39 is 9.84 Å². The molecule has 0 saturated heterocycles. The zero-order valence-corrected chi connectivity index (χ0v) is 17.8. The molecule has 5 heteroatoms. The van der Waals surface area contributed by atoms with Gasteiger partial charge in [-0.05, 0) is 47.5 Å². The van der Waals surface area contributed by atoms with E-state index >= 15 is 0 Å². The van der Waals surface area contributed by atoms with Crippen LogP contribution in [0.1, 0.15) is 0 Å². The molecule has 152 valence electrons. The van der Waals surface area contributed by atoms with Crippen LogP contribution in [-0.4, -0.2) is 22.1 Å². The topological polar surface area (TPSA) is 40.6 Å². The Hall–Kier alpha value is -3.57. The maximum Gasteiger partial charge on any atom is 0.207 e. The third-order valence-electron chi connectivity index (χ3n) is 6.19. The van der Waals surface area contributed by atoms with Crippen molar-refractivity contribution in [2.24, 2.45) is 0 Å². The molecule has 4 aromatic carbocycles. The maximum absolute atomic E-state index is 13.0. The van der Waals surface area contributed by atoms with Crippen molar-refractivity contribution in [3.8, 4) is 22.3 Å². The lowest BCUT2D eigenvalue weighted by atomic mass is 10.00. The van der Waals surface area contributed by atoms with E-state index in [1.54, 1.807) is 18.2 Å². The van der Waals surface area contributed by atoms with E-state index in [2.05, 4.69) is 65.4 Å². The molecule has 0 atom stereocenters. The highest BCUT2D eigenvalue weighted by molar-refractivity contribution is 7.92. The molecule has 0 bridgehead atoms. The van der Waals surface area contributed by atoms with E-state index in [1.165, 1.54) is 11.4 Å². The summed E-state index contributed by atoms with van der Waals surface area (Å²) in [5, 5.41) is 0. The van der Waals surface area contributed by atoms with Gasteiger partial charge in [-0.15, -0.1) is 0 Å². The Morgan fingerprint density at radius 1 is 0.677 bits per heavy atom. The number of benzene rings is 4. The van der Waals surface area contributed by atoms with Crippen molar-refractivity contribution in [3.63, 3.8) is 0 Å². The number of anilines is 3. The second-order valence-corrected chi connectivity index (χ2v) is 9.90. The molecule has 0 N–H and O–H groups in total. The SMILES string of the molecule is CN1CN(c2ccc(-c3ccc4c(c3)S(=O)(=O)c3ccccc3-4)cc2)c2ccccc21. The molecule has 0 unspecified atom stereocenters. The van der Waals surface area contributed by atoms with Gasteiger partial charge in [-0.1, -0.05) is 54.6 Å². The highest BCUT2D eigenvalue weighted by Crippen LogP contribution is 2.45. The highest BCUT2D eigenvalue weighted by Gasteiger charge is 2.32. The predicted octanol–water partition coefficient (Wildman–Crippen LogP) is 5.71. The third-order valence-corrected chi connectivity index (χ3v) is 8.04. The Labute approximate surface area is 181 Å². The summed E-state index contributed by atoms with van der Waals surface area (Å²) in [7, 11) is -1.38. The van der Waals surface area contributed by atoms with Gasteiger partial charge in [0.25, 0.3) is 0 Å². The van der Waals surface area contributed by atoms with Gasteiger partial charge in [0.05, 0.1) is 27.8 Å². The van der Waals surface area contributed by atoms with Gasteiger partial charge in [0, 0.05) is 23.9 Å². The van der Waals surface area contributed by atoms with Crippen LogP contribution in [-0.2, 0) is 9.84 Å². The van der Waals surface area contributed by atoms with Crippen molar-refractivity contribution in [1.82, 2.24) is 0 Å². The van der Waals surface area contributed by atoms with E-state index in [0.29, 0.717) is 9.79 Å². The zero-order valence-electron chi connectivity index (χ0n) is 17.0. The van der Waals surface area contributed by atoms with Gasteiger partial charge in [-0.3, -0.25) is 0 Å². The van der Waals surface area contributed by atoms with E-state index in [-0.39, 0.29) is 0 Å². The van der Waals surface area contributed by atoms with Gasteiger partial charge in [-0.2, -0.15) is 0 Å². The van der Waals surface area contributed by atoms with Crippen LogP contribution in [0.5, 0.6) is 0 Å². The normalized spacial score (nSPS) is 15.5. The summed E-state index contributed by atoms with van der Waals surface area (Å²) in [5.74, 6) is 0. The van der Waals surface area contributed by atoms with Crippen molar-refractivity contribution >= 4 is 26.9 Å². The van der Waals surface area contributed by atoms with Crippen LogP contribution in [0, 0.1) is 0 Å². The quantitative estimate of drug-likeness (QED) is 0.364.